The molecule has 1 unspecified atom stereocenters. The van der Waals surface area contributed by atoms with Crippen molar-refractivity contribution in [2.45, 2.75) is 32.9 Å². The van der Waals surface area contributed by atoms with Crippen LogP contribution in [0.4, 0.5) is 4.39 Å². The van der Waals surface area contributed by atoms with Crippen LogP contribution in [0.5, 0.6) is 0 Å². The van der Waals surface area contributed by atoms with Crippen molar-refractivity contribution in [1.29, 1.82) is 0 Å². The number of hydrogen-bond donors (Lipinski definition) is 1. The van der Waals surface area contributed by atoms with Gasteiger partial charge < -0.3 is 5.32 Å². The van der Waals surface area contributed by atoms with Gasteiger partial charge in [0.05, 0.1) is 17.9 Å². The number of aryl methyl sites for hydroxylation is 1. The van der Waals surface area contributed by atoms with Gasteiger partial charge in [0.1, 0.15) is 5.82 Å². The van der Waals surface area contributed by atoms with Crippen molar-refractivity contribution in [3.8, 4) is 0 Å². The van der Waals surface area contributed by atoms with Crippen LogP contribution < -0.4 is 5.32 Å². The van der Waals surface area contributed by atoms with Crippen molar-refractivity contribution in [3.05, 3.63) is 51.7 Å². The van der Waals surface area contributed by atoms with Crippen LogP contribution in [0.15, 0.2) is 29.8 Å². The summed E-state index contributed by atoms with van der Waals surface area (Å²) in [5, 5.41) is 5.56. The summed E-state index contributed by atoms with van der Waals surface area (Å²) in [5.41, 5.74) is 2.10. The molecule has 1 atom stereocenters. The maximum atomic E-state index is 13.0. The zero-order valence-electron chi connectivity index (χ0n) is 10.8. The first-order valence-electron chi connectivity index (χ1n) is 5.99. The molecule has 0 amide bonds. The van der Waals surface area contributed by atoms with Gasteiger partial charge in [-0.2, -0.15) is 0 Å². The summed E-state index contributed by atoms with van der Waals surface area (Å²) in [6, 6.07) is 5.67. The number of pyridine rings is 1. The van der Waals surface area contributed by atoms with Crippen molar-refractivity contribution in [1.82, 2.24) is 10.3 Å². The van der Waals surface area contributed by atoms with Crippen molar-refractivity contribution in [2.24, 2.45) is 0 Å². The van der Waals surface area contributed by atoms with Crippen molar-refractivity contribution < 1.29 is 4.39 Å². The Bertz CT molecular complexity index is 505. The predicted molar refractivity (Wildman–Crippen MR) is 73.4 cm³/mol. The zero-order chi connectivity index (χ0) is 13.1. The lowest BCUT2D eigenvalue weighted by Gasteiger charge is -2.20. The highest BCUT2D eigenvalue weighted by atomic mass is 32.1. The van der Waals surface area contributed by atoms with Gasteiger partial charge in [-0.25, -0.2) is 4.39 Å². The highest BCUT2D eigenvalue weighted by Crippen LogP contribution is 2.28. The van der Waals surface area contributed by atoms with E-state index in [1.807, 2.05) is 0 Å². The number of thiophene rings is 1. The second kappa shape index (κ2) is 5.59. The molecule has 2 aromatic rings. The Hall–Kier alpha value is -1.26. The first-order chi connectivity index (χ1) is 8.58. The molecule has 0 aliphatic carbocycles. The number of nitrogens with zero attached hydrogens (tertiary/aromatic N) is 1. The van der Waals surface area contributed by atoms with E-state index in [0.717, 1.165) is 5.69 Å². The standard InChI is InChI=1S/C14H17FN2S/c1-9(2)17-13(14-10(3)6-7-18-14)12-5-4-11(15)8-16-12/h4-9,13,17H,1-3H3. The number of nitrogens with one attached hydrogen (secondary N) is 1. The summed E-state index contributed by atoms with van der Waals surface area (Å²) in [7, 11) is 0. The molecule has 0 saturated carbocycles. The Morgan fingerprint density at radius 3 is 2.56 bits per heavy atom. The zero-order valence-corrected chi connectivity index (χ0v) is 11.6. The molecule has 96 valence electrons. The molecule has 1 N–H and O–H groups in total. The summed E-state index contributed by atoms with van der Waals surface area (Å²) >= 11 is 1.70. The van der Waals surface area contributed by atoms with E-state index in [1.54, 1.807) is 17.4 Å². The normalized spacial score (nSPS) is 12.9. The number of hydrogen-bond acceptors (Lipinski definition) is 3. The molecule has 18 heavy (non-hydrogen) atoms. The van der Waals surface area contributed by atoms with Crippen molar-refractivity contribution in [3.63, 3.8) is 0 Å². The molecule has 2 nitrogen and oxygen atoms in total. The Balaban J connectivity index is 2.36. The van der Waals surface area contributed by atoms with Gasteiger partial charge in [-0.05, 0) is 49.9 Å². The van der Waals surface area contributed by atoms with Gasteiger partial charge in [0, 0.05) is 10.9 Å². The average molecular weight is 264 g/mol. The Labute approximate surface area is 111 Å². The van der Waals surface area contributed by atoms with Crippen LogP contribution in [0.2, 0.25) is 0 Å². The first-order valence-corrected chi connectivity index (χ1v) is 6.87. The molecule has 2 rings (SSSR count). The van der Waals surface area contributed by atoms with E-state index >= 15 is 0 Å². The van der Waals surface area contributed by atoms with Gasteiger partial charge in [0.25, 0.3) is 0 Å². The largest absolute Gasteiger partial charge is 0.302 e. The van der Waals surface area contributed by atoms with E-state index in [-0.39, 0.29) is 11.9 Å². The molecule has 0 radical (unpaired) electrons. The van der Waals surface area contributed by atoms with Crippen LogP contribution in [-0.4, -0.2) is 11.0 Å². The van der Waals surface area contributed by atoms with Gasteiger partial charge in [0.15, 0.2) is 0 Å². The van der Waals surface area contributed by atoms with Gasteiger partial charge in [-0.1, -0.05) is 0 Å². The average Bonchev–Trinajstić information content (AvgIpc) is 2.73. The molecular formula is C14H17FN2S. The van der Waals surface area contributed by atoms with Crippen LogP contribution in [0.3, 0.4) is 0 Å². The lowest BCUT2D eigenvalue weighted by molar-refractivity contribution is 0.521. The molecule has 0 fully saturated rings. The SMILES string of the molecule is Cc1ccsc1C(NC(C)C)c1ccc(F)cn1. The summed E-state index contributed by atoms with van der Waals surface area (Å²) in [4.78, 5) is 5.44. The molecule has 4 heteroatoms. The van der Waals surface area contributed by atoms with E-state index in [9.17, 15) is 4.39 Å². The second-order valence-corrected chi connectivity index (χ2v) is 5.57. The Morgan fingerprint density at radius 2 is 2.06 bits per heavy atom. The fourth-order valence-corrected chi connectivity index (χ4v) is 2.86. The molecule has 0 bridgehead atoms. The van der Waals surface area contributed by atoms with E-state index in [0.29, 0.717) is 6.04 Å². The minimum Gasteiger partial charge on any atom is -0.302 e. The topological polar surface area (TPSA) is 24.9 Å². The quantitative estimate of drug-likeness (QED) is 0.911. The Morgan fingerprint density at radius 1 is 1.28 bits per heavy atom. The van der Waals surface area contributed by atoms with Crippen LogP contribution in [0, 0.1) is 12.7 Å². The van der Waals surface area contributed by atoms with Gasteiger partial charge in [-0.15, -0.1) is 11.3 Å². The maximum Gasteiger partial charge on any atom is 0.141 e. The highest BCUT2D eigenvalue weighted by Gasteiger charge is 2.19. The minimum absolute atomic E-state index is 0.0330. The molecule has 0 aliphatic rings. The van der Waals surface area contributed by atoms with Crippen molar-refractivity contribution in [2.75, 3.05) is 0 Å². The van der Waals surface area contributed by atoms with E-state index in [4.69, 9.17) is 0 Å². The van der Waals surface area contributed by atoms with Gasteiger partial charge >= 0.3 is 0 Å². The summed E-state index contributed by atoms with van der Waals surface area (Å²) in [6.07, 6.45) is 1.27. The third-order valence-corrected chi connectivity index (χ3v) is 3.79. The third-order valence-electron chi connectivity index (χ3n) is 2.71. The van der Waals surface area contributed by atoms with Crippen LogP contribution >= 0.6 is 11.3 Å². The summed E-state index contributed by atoms with van der Waals surface area (Å²) < 4.78 is 13.0. The van der Waals surface area contributed by atoms with E-state index < -0.39 is 0 Å². The highest BCUT2D eigenvalue weighted by molar-refractivity contribution is 7.10. The molecule has 2 aromatic heterocycles. The van der Waals surface area contributed by atoms with Crippen LogP contribution in [0.25, 0.3) is 0 Å². The fraction of sp³-hybridized carbons (Fsp3) is 0.357. The molecule has 0 aliphatic heterocycles. The van der Waals surface area contributed by atoms with E-state index in [2.05, 4.69) is 42.5 Å². The predicted octanol–water partition coefficient (Wildman–Crippen LogP) is 3.68. The Kier molecular flexibility index (Phi) is 4.09. The smallest absolute Gasteiger partial charge is 0.141 e. The maximum absolute atomic E-state index is 13.0. The summed E-state index contributed by atoms with van der Waals surface area (Å²) in [5.74, 6) is -0.301. The molecule has 2 heterocycles. The number of rotatable bonds is 4. The van der Waals surface area contributed by atoms with E-state index in [1.165, 1.54) is 22.7 Å². The fourth-order valence-electron chi connectivity index (χ4n) is 1.87. The van der Waals surface area contributed by atoms with Gasteiger partial charge in [0.2, 0.25) is 0 Å². The lowest BCUT2D eigenvalue weighted by atomic mass is 10.1. The van der Waals surface area contributed by atoms with Crippen molar-refractivity contribution >= 4 is 11.3 Å². The van der Waals surface area contributed by atoms with Crippen LogP contribution in [-0.2, 0) is 0 Å². The number of aromatic nitrogens is 1. The minimum atomic E-state index is -0.301. The van der Waals surface area contributed by atoms with Crippen LogP contribution in [0.1, 0.15) is 36.0 Å². The first kappa shape index (κ1) is 13.2. The second-order valence-electron chi connectivity index (χ2n) is 4.62. The lowest BCUT2D eigenvalue weighted by Crippen LogP contribution is -2.29. The molecule has 0 saturated heterocycles. The molecule has 0 aromatic carbocycles. The monoisotopic (exact) mass is 264 g/mol. The molecular weight excluding hydrogens is 247 g/mol. The molecule has 0 spiro atoms. The van der Waals surface area contributed by atoms with Gasteiger partial charge in [-0.3, -0.25) is 4.98 Å². The summed E-state index contributed by atoms with van der Waals surface area (Å²) in [6.45, 7) is 6.28. The third kappa shape index (κ3) is 2.94. The number of halogens is 1.